The molecule has 1 amide bonds. The molecule has 2 N–H and O–H groups in total. The van der Waals surface area contributed by atoms with Crippen LogP contribution in [-0.4, -0.2) is 38.8 Å². The maximum atomic E-state index is 12.4. The van der Waals surface area contributed by atoms with Crippen molar-refractivity contribution in [1.29, 1.82) is 0 Å². The van der Waals surface area contributed by atoms with E-state index in [0.717, 1.165) is 30.4 Å². The maximum absolute atomic E-state index is 12.4. The van der Waals surface area contributed by atoms with Gasteiger partial charge in [-0.3, -0.25) is 4.79 Å². The second kappa shape index (κ2) is 9.22. The topological polar surface area (TPSA) is 59.6 Å². The fraction of sp³-hybridized carbons (Fsp3) is 0.533. The van der Waals surface area contributed by atoms with Crippen LogP contribution in [0.15, 0.2) is 16.6 Å². The first-order valence-corrected chi connectivity index (χ1v) is 7.97. The van der Waals surface area contributed by atoms with Crippen molar-refractivity contribution in [3.05, 3.63) is 22.2 Å². The molecule has 0 aliphatic carbocycles. The minimum Gasteiger partial charge on any atom is -0.493 e. The lowest BCUT2D eigenvalue weighted by molar-refractivity contribution is 0.0929. The van der Waals surface area contributed by atoms with Crippen molar-refractivity contribution >= 4 is 34.2 Å². The van der Waals surface area contributed by atoms with Crippen molar-refractivity contribution < 1.29 is 14.3 Å². The normalized spacial score (nSPS) is 14.9. The van der Waals surface area contributed by atoms with Gasteiger partial charge in [0.25, 0.3) is 5.91 Å². The molecule has 0 saturated carbocycles. The number of rotatable bonds is 5. The SMILES string of the molecule is CCOc1c(Br)cc(C(=O)NC2CCNCC2)cc1OC.Cl. The Balaban J connectivity index is 0.00000242. The zero-order valence-electron chi connectivity index (χ0n) is 12.8. The van der Waals surface area contributed by atoms with Gasteiger partial charge in [0, 0.05) is 11.6 Å². The van der Waals surface area contributed by atoms with Crippen LogP contribution in [0, 0.1) is 0 Å². The van der Waals surface area contributed by atoms with Crippen molar-refractivity contribution in [3.8, 4) is 11.5 Å². The van der Waals surface area contributed by atoms with Crippen LogP contribution in [0.1, 0.15) is 30.1 Å². The van der Waals surface area contributed by atoms with E-state index in [1.807, 2.05) is 6.92 Å². The molecule has 0 aromatic heterocycles. The molecular formula is C15H22BrClN2O3. The molecule has 1 fully saturated rings. The Morgan fingerprint density at radius 2 is 2.09 bits per heavy atom. The van der Waals surface area contributed by atoms with Gasteiger partial charge in [0.15, 0.2) is 11.5 Å². The number of hydrogen-bond donors (Lipinski definition) is 2. The minimum atomic E-state index is -0.0797. The fourth-order valence-electron chi connectivity index (χ4n) is 2.37. The number of hydrogen-bond acceptors (Lipinski definition) is 4. The third kappa shape index (κ3) is 4.76. The second-order valence-electron chi connectivity index (χ2n) is 4.92. The predicted octanol–water partition coefficient (Wildman–Crippen LogP) is 2.76. The summed E-state index contributed by atoms with van der Waals surface area (Å²) in [6.45, 7) is 4.33. The number of benzene rings is 1. The van der Waals surface area contributed by atoms with Gasteiger partial charge in [0.2, 0.25) is 0 Å². The van der Waals surface area contributed by atoms with E-state index in [1.54, 1.807) is 19.2 Å². The Hall–Kier alpha value is -0.980. The third-order valence-corrected chi connectivity index (χ3v) is 4.04. The van der Waals surface area contributed by atoms with E-state index in [2.05, 4.69) is 26.6 Å². The smallest absolute Gasteiger partial charge is 0.251 e. The van der Waals surface area contributed by atoms with Crippen LogP contribution in [0.3, 0.4) is 0 Å². The molecule has 1 saturated heterocycles. The maximum Gasteiger partial charge on any atom is 0.251 e. The largest absolute Gasteiger partial charge is 0.493 e. The van der Waals surface area contributed by atoms with Crippen LogP contribution in [0.2, 0.25) is 0 Å². The van der Waals surface area contributed by atoms with Crippen LogP contribution in [0.4, 0.5) is 0 Å². The molecule has 0 unspecified atom stereocenters. The van der Waals surface area contributed by atoms with Gasteiger partial charge < -0.3 is 20.1 Å². The highest BCUT2D eigenvalue weighted by Gasteiger charge is 2.19. The van der Waals surface area contributed by atoms with E-state index in [9.17, 15) is 4.79 Å². The summed E-state index contributed by atoms with van der Waals surface area (Å²) in [5.74, 6) is 1.10. The summed E-state index contributed by atoms with van der Waals surface area (Å²) in [7, 11) is 1.57. The monoisotopic (exact) mass is 392 g/mol. The average Bonchev–Trinajstić information content (AvgIpc) is 2.50. The van der Waals surface area contributed by atoms with E-state index < -0.39 is 0 Å². The van der Waals surface area contributed by atoms with Gasteiger partial charge in [-0.15, -0.1) is 12.4 Å². The molecule has 7 heteroatoms. The lowest BCUT2D eigenvalue weighted by Gasteiger charge is -2.24. The van der Waals surface area contributed by atoms with Gasteiger partial charge in [0.1, 0.15) is 0 Å². The molecule has 1 aliphatic heterocycles. The van der Waals surface area contributed by atoms with Crippen molar-refractivity contribution in [3.63, 3.8) is 0 Å². The Kier molecular flexibility index (Phi) is 8.00. The molecule has 124 valence electrons. The highest BCUT2D eigenvalue weighted by atomic mass is 79.9. The van der Waals surface area contributed by atoms with Gasteiger partial charge in [-0.2, -0.15) is 0 Å². The summed E-state index contributed by atoms with van der Waals surface area (Å²) < 4.78 is 11.6. The summed E-state index contributed by atoms with van der Waals surface area (Å²) >= 11 is 3.44. The number of piperidine rings is 1. The van der Waals surface area contributed by atoms with Crippen molar-refractivity contribution in [2.75, 3.05) is 26.8 Å². The van der Waals surface area contributed by atoms with Crippen LogP contribution < -0.4 is 20.1 Å². The molecule has 0 bridgehead atoms. The highest BCUT2D eigenvalue weighted by molar-refractivity contribution is 9.10. The van der Waals surface area contributed by atoms with Crippen LogP contribution in [0.5, 0.6) is 11.5 Å². The van der Waals surface area contributed by atoms with Crippen molar-refractivity contribution in [2.45, 2.75) is 25.8 Å². The first kappa shape index (κ1) is 19.1. The summed E-state index contributed by atoms with van der Waals surface area (Å²) in [6, 6.07) is 3.71. The van der Waals surface area contributed by atoms with Crippen molar-refractivity contribution in [1.82, 2.24) is 10.6 Å². The number of methoxy groups -OCH3 is 1. The van der Waals surface area contributed by atoms with E-state index in [1.165, 1.54) is 0 Å². The summed E-state index contributed by atoms with van der Waals surface area (Å²) in [4.78, 5) is 12.4. The quantitative estimate of drug-likeness (QED) is 0.807. The number of halogens is 2. The van der Waals surface area contributed by atoms with Crippen LogP contribution >= 0.6 is 28.3 Å². The third-order valence-electron chi connectivity index (χ3n) is 3.45. The van der Waals surface area contributed by atoms with Gasteiger partial charge in [-0.25, -0.2) is 0 Å². The van der Waals surface area contributed by atoms with E-state index in [0.29, 0.717) is 23.7 Å². The molecule has 0 atom stereocenters. The first-order chi connectivity index (χ1) is 10.2. The predicted molar refractivity (Wildman–Crippen MR) is 92.5 cm³/mol. The van der Waals surface area contributed by atoms with E-state index >= 15 is 0 Å². The number of nitrogens with one attached hydrogen (secondary N) is 2. The standard InChI is InChI=1S/C15H21BrN2O3.ClH/c1-3-21-14-12(16)8-10(9-13(14)20-2)15(19)18-11-4-6-17-7-5-11;/h8-9,11,17H,3-7H2,1-2H3,(H,18,19);1H. The Morgan fingerprint density at radius 1 is 1.41 bits per heavy atom. The highest BCUT2D eigenvalue weighted by Crippen LogP contribution is 2.36. The number of ether oxygens (including phenoxy) is 2. The fourth-order valence-corrected chi connectivity index (χ4v) is 2.93. The average molecular weight is 394 g/mol. The lowest BCUT2D eigenvalue weighted by Crippen LogP contribution is -2.42. The zero-order chi connectivity index (χ0) is 15.2. The van der Waals surface area contributed by atoms with E-state index in [4.69, 9.17) is 9.47 Å². The second-order valence-corrected chi connectivity index (χ2v) is 5.77. The van der Waals surface area contributed by atoms with Crippen molar-refractivity contribution in [2.24, 2.45) is 0 Å². The van der Waals surface area contributed by atoms with E-state index in [-0.39, 0.29) is 24.4 Å². The summed E-state index contributed by atoms with van der Waals surface area (Å²) in [5, 5.41) is 6.35. The summed E-state index contributed by atoms with van der Waals surface area (Å²) in [5.41, 5.74) is 0.570. The van der Waals surface area contributed by atoms with Gasteiger partial charge in [-0.05, 0) is 60.9 Å². The number of carbonyl (C=O) groups is 1. The molecule has 5 nitrogen and oxygen atoms in total. The Bertz CT molecular complexity index is 508. The first-order valence-electron chi connectivity index (χ1n) is 7.17. The minimum absolute atomic E-state index is 0. The summed E-state index contributed by atoms with van der Waals surface area (Å²) in [6.07, 6.45) is 1.92. The number of carbonyl (C=O) groups excluding carboxylic acids is 1. The molecule has 1 aliphatic rings. The molecule has 1 aromatic rings. The molecule has 22 heavy (non-hydrogen) atoms. The zero-order valence-corrected chi connectivity index (χ0v) is 15.2. The lowest BCUT2D eigenvalue weighted by atomic mass is 10.1. The molecule has 1 heterocycles. The molecule has 2 rings (SSSR count). The van der Waals surface area contributed by atoms with Gasteiger partial charge in [-0.1, -0.05) is 0 Å². The molecule has 1 aromatic carbocycles. The molecule has 0 radical (unpaired) electrons. The molecule has 0 spiro atoms. The van der Waals surface area contributed by atoms with Crippen LogP contribution in [0.25, 0.3) is 0 Å². The van der Waals surface area contributed by atoms with Gasteiger partial charge in [0.05, 0.1) is 18.2 Å². The Morgan fingerprint density at radius 3 is 2.68 bits per heavy atom. The number of amides is 1. The molecular weight excluding hydrogens is 372 g/mol. The Labute approximate surface area is 145 Å². The van der Waals surface area contributed by atoms with Gasteiger partial charge >= 0.3 is 0 Å². The van der Waals surface area contributed by atoms with Crippen LogP contribution in [-0.2, 0) is 0 Å².